The summed E-state index contributed by atoms with van der Waals surface area (Å²) >= 11 is 0. The maximum absolute atomic E-state index is 11.2. The van der Waals surface area contributed by atoms with Gasteiger partial charge in [0.15, 0.2) is 0 Å². The van der Waals surface area contributed by atoms with Crippen molar-refractivity contribution in [1.82, 2.24) is 0 Å². The number of unbranched alkanes of at least 4 members (excludes halogenated alkanes) is 12. The second-order valence-electron chi connectivity index (χ2n) is 7.80. The zero-order valence-electron chi connectivity index (χ0n) is 18.3. The van der Waals surface area contributed by atoms with Crippen molar-refractivity contribution in [3.8, 4) is 11.5 Å². The molecule has 0 N–H and O–H groups in total. The van der Waals surface area contributed by atoms with Crippen molar-refractivity contribution >= 4 is 6.29 Å². The van der Waals surface area contributed by atoms with E-state index in [0.717, 1.165) is 30.6 Å². The van der Waals surface area contributed by atoms with Crippen LogP contribution in [0, 0.1) is 0 Å². The highest BCUT2D eigenvalue weighted by molar-refractivity contribution is 5.76. The van der Waals surface area contributed by atoms with Crippen molar-refractivity contribution in [3.05, 3.63) is 23.8 Å². The molecule has 3 heteroatoms. The summed E-state index contributed by atoms with van der Waals surface area (Å²) in [4.78, 5) is 11.2. The van der Waals surface area contributed by atoms with E-state index in [1.165, 1.54) is 77.0 Å². The summed E-state index contributed by atoms with van der Waals surface area (Å²) in [5, 5.41) is 0. The van der Waals surface area contributed by atoms with Gasteiger partial charge in [0.2, 0.25) is 0 Å². The molecule has 1 aromatic rings. The van der Waals surface area contributed by atoms with Crippen molar-refractivity contribution in [2.24, 2.45) is 0 Å². The Labute approximate surface area is 173 Å². The molecule has 28 heavy (non-hydrogen) atoms. The van der Waals surface area contributed by atoms with Crippen LogP contribution in [0.3, 0.4) is 0 Å². The second-order valence-corrected chi connectivity index (χ2v) is 7.80. The molecule has 0 saturated carbocycles. The van der Waals surface area contributed by atoms with Crippen LogP contribution in [0.4, 0.5) is 0 Å². The Kier molecular flexibility index (Phi) is 15.4. The minimum Gasteiger partial charge on any atom is -0.493 e. The first-order valence-corrected chi connectivity index (χ1v) is 11.7. The molecular weight excluding hydrogens is 348 g/mol. The molecule has 1 rings (SSSR count). The Morgan fingerprint density at radius 1 is 0.607 bits per heavy atom. The summed E-state index contributed by atoms with van der Waals surface area (Å²) in [5.41, 5.74) is 0.617. The van der Waals surface area contributed by atoms with E-state index in [-0.39, 0.29) is 0 Å². The standard InChI is InChI=1S/C25H42O3/c1-3-5-7-9-11-13-15-17-27-24-19-23(22-26)20-25(21-24)28-18-16-14-12-10-8-6-4-2/h19-22H,3-18H2,1-2H3. The molecule has 0 aliphatic rings. The lowest BCUT2D eigenvalue weighted by Crippen LogP contribution is -2.01. The van der Waals surface area contributed by atoms with Gasteiger partial charge in [-0.1, -0.05) is 90.9 Å². The lowest BCUT2D eigenvalue weighted by Gasteiger charge is -2.11. The number of hydrogen-bond acceptors (Lipinski definition) is 3. The fraction of sp³-hybridized carbons (Fsp3) is 0.720. The molecule has 0 heterocycles. The number of rotatable bonds is 19. The van der Waals surface area contributed by atoms with Gasteiger partial charge in [0.1, 0.15) is 17.8 Å². The summed E-state index contributed by atoms with van der Waals surface area (Å²) < 4.78 is 11.7. The van der Waals surface area contributed by atoms with E-state index in [1.54, 1.807) is 12.1 Å². The second kappa shape index (κ2) is 17.6. The van der Waals surface area contributed by atoms with Crippen LogP contribution in [0.1, 0.15) is 114 Å². The van der Waals surface area contributed by atoms with Crippen molar-refractivity contribution in [3.63, 3.8) is 0 Å². The normalized spacial score (nSPS) is 10.8. The van der Waals surface area contributed by atoms with Crippen molar-refractivity contribution < 1.29 is 14.3 Å². The zero-order chi connectivity index (χ0) is 20.3. The van der Waals surface area contributed by atoms with E-state index in [1.807, 2.05) is 6.07 Å². The largest absolute Gasteiger partial charge is 0.493 e. The van der Waals surface area contributed by atoms with Crippen LogP contribution in [-0.2, 0) is 0 Å². The van der Waals surface area contributed by atoms with Gasteiger partial charge in [-0.05, 0) is 25.0 Å². The summed E-state index contributed by atoms with van der Waals surface area (Å²) in [7, 11) is 0. The van der Waals surface area contributed by atoms with Gasteiger partial charge in [0.25, 0.3) is 0 Å². The first-order valence-electron chi connectivity index (χ1n) is 11.7. The Morgan fingerprint density at radius 3 is 1.39 bits per heavy atom. The summed E-state index contributed by atoms with van der Waals surface area (Å²) in [6, 6.07) is 5.51. The molecule has 0 aliphatic heterocycles. The van der Waals surface area contributed by atoms with Crippen LogP contribution in [0.25, 0.3) is 0 Å². The van der Waals surface area contributed by atoms with Gasteiger partial charge in [-0.2, -0.15) is 0 Å². The van der Waals surface area contributed by atoms with Gasteiger partial charge in [0.05, 0.1) is 13.2 Å². The molecule has 0 spiro atoms. The van der Waals surface area contributed by atoms with Crippen molar-refractivity contribution in [2.75, 3.05) is 13.2 Å². The van der Waals surface area contributed by atoms with Crippen LogP contribution in [0.5, 0.6) is 11.5 Å². The highest BCUT2D eigenvalue weighted by atomic mass is 16.5. The molecule has 0 bridgehead atoms. The quantitative estimate of drug-likeness (QED) is 0.179. The molecule has 0 aromatic heterocycles. The van der Waals surface area contributed by atoms with Gasteiger partial charge in [-0.3, -0.25) is 4.79 Å². The summed E-state index contributed by atoms with van der Waals surface area (Å²) in [6.45, 7) is 5.89. The summed E-state index contributed by atoms with van der Waals surface area (Å²) in [6.07, 6.45) is 18.6. The number of ether oxygens (including phenoxy) is 2. The smallest absolute Gasteiger partial charge is 0.150 e. The average molecular weight is 391 g/mol. The Balaban J connectivity index is 2.23. The Morgan fingerprint density at radius 2 is 1.00 bits per heavy atom. The fourth-order valence-corrected chi connectivity index (χ4v) is 3.33. The van der Waals surface area contributed by atoms with E-state index in [0.29, 0.717) is 18.8 Å². The lowest BCUT2D eigenvalue weighted by atomic mass is 10.1. The van der Waals surface area contributed by atoms with Crippen molar-refractivity contribution in [1.29, 1.82) is 0 Å². The van der Waals surface area contributed by atoms with E-state index in [9.17, 15) is 4.79 Å². The molecule has 1 aromatic carbocycles. The van der Waals surface area contributed by atoms with Crippen LogP contribution in [-0.4, -0.2) is 19.5 Å². The first-order chi connectivity index (χ1) is 13.8. The number of carbonyl (C=O) groups excluding carboxylic acids is 1. The molecule has 3 nitrogen and oxygen atoms in total. The molecule has 160 valence electrons. The van der Waals surface area contributed by atoms with Gasteiger partial charge < -0.3 is 9.47 Å². The fourth-order valence-electron chi connectivity index (χ4n) is 3.33. The molecule has 0 unspecified atom stereocenters. The van der Waals surface area contributed by atoms with E-state index < -0.39 is 0 Å². The number of aldehydes is 1. The van der Waals surface area contributed by atoms with E-state index in [4.69, 9.17) is 9.47 Å². The molecule has 0 fully saturated rings. The lowest BCUT2D eigenvalue weighted by molar-refractivity contribution is 0.112. The van der Waals surface area contributed by atoms with Gasteiger partial charge in [0, 0.05) is 11.6 Å². The zero-order valence-corrected chi connectivity index (χ0v) is 18.3. The number of benzene rings is 1. The molecule has 0 aliphatic carbocycles. The number of carbonyl (C=O) groups is 1. The predicted molar refractivity (Wildman–Crippen MR) is 119 cm³/mol. The third-order valence-electron chi connectivity index (χ3n) is 5.07. The first kappa shape index (κ1) is 24.5. The molecule has 0 radical (unpaired) electrons. The Bertz CT molecular complexity index is 460. The average Bonchev–Trinajstić information content (AvgIpc) is 2.71. The van der Waals surface area contributed by atoms with Gasteiger partial charge in [-0.25, -0.2) is 0 Å². The topological polar surface area (TPSA) is 35.5 Å². The molecular formula is C25H42O3. The van der Waals surface area contributed by atoms with Crippen LogP contribution >= 0.6 is 0 Å². The highest BCUT2D eigenvalue weighted by Crippen LogP contribution is 2.23. The van der Waals surface area contributed by atoms with Crippen LogP contribution < -0.4 is 9.47 Å². The third kappa shape index (κ3) is 12.8. The third-order valence-corrected chi connectivity index (χ3v) is 5.07. The van der Waals surface area contributed by atoms with Crippen LogP contribution in [0.2, 0.25) is 0 Å². The molecule has 0 atom stereocenters. The predicted octanol–water partition coefficient (Wildman–Crippen LogP) is 7.76. The minimum atomic E-state index is 0.617. The molecule has 0 amide bonds. The maximum Gasteiger partial charge on any atom is 0.150 e. The van der Waals surface area contributed by atoms with Crippen molar-refractivity contribution in [2.45, 2.75) is 104 Å². The maximum atomic E-state index is 11.2. The SMILES string of the molecule is CCCCCCCCCOc1cc(C=O)cc(OCCCCCCCCC)c1. The molecule has 0 saturated heterocycles. The Hall–Kier alpha value is -1.51. The van der Waals surface area contributed by atoms with E-state index >= 15 is 0 Å². The van der Waals surface area contributed by atoms with Gasteiger partial charge in [-0.15, -0.1) is 0 Å². The van der Waals surface area contributed by atoms with Crippen LogP contribution in [0.15, 0.2) is 18.2 Å². The highest BCUT2D eigenvalue weighted by Gasteiger charge is 2.04. The minimum absolute atomic E-state index is 0.617. The summed E-state index contributed by atoms with van der Waals surface area (Å²) in [5.74, 6) is 1.48. The number of hydrogen-bond donors (Lipinski definition) is 0. The monoisotopic (exact) mass is 390 g/mol. The van der Waals surface area contributed by atoms with E-state index in [2.05, 4.69) is 13.8 Å². The van der Waals surface area contributed by atoms with Gasteiger partial charge >= 0.3 is 0 Å².